The van der Waals surface area contributed by atoms with Crippen LogP contribution in [0.4, 0.5) is 13.2 Å². The SMILES string of the molecule is N=[N+](N)CCC[C@H](N=C/C=C/c1ccccc1C(F)(F)F)C(=O)O. The summed E-state index contributed by atoms with van der Waals surface area (Å²) in [5.41, 5.74) is 6.18. The van der Waals surface area contributed by atoms with Crippen molar-refractivity contribution in [1.82, 2.24) is 0 Å². The molecule has 0 aromatic heterocycles. The van der Waals surface area contributed by atoms with Crippen LogP contribution < -0.4 is 5.84 Å². The van der Waals surface area contributed by atoms with Gasteiger partial charge in [0, 0.05) is 12.6 Å². The Kier molecular flexibility index (Phi) is 7.09. The number of aliphatic carboxylic acids is 1. The van der Waals surface area contributed by atoms with Crippen molar-refractivity contribution < 1.29 is 27.9 Å². The summed E-state index contributed by atoms with van der Waals surface area (Å²) < 4.78 is 38.5. The van der Waals surface area contributed by atoms with Gasteiger partial charge in [0.15, 0.2) is 6.54 Å². The third-order valence-electron chi connectivity index (χ3n) is 3.06. The maximum Gasteiger partial charge on any atom is 0.416 e. The van der Waals surface area contributed by atoms with Gasteiger partial charge < -0.3 is 5.11 Å². The number of carboxylic acids is 1. The van der Waals surface area contributed by atoms with Crippen molar-refractivity contribution in [3.63, 3.8) is 0 Å². The van der Waals surface area contributed by atoms with Crippen LogP contribution in [-0.4, -0.2) is 34.7 Å². The van der Waals surface area contributed by atoms with Crippen LogP contribution in [0.5, 0.6) is 0 Å². The van der Waals surface area contributed by atoms with Crippen molar-refractivity contribution in [1.29, 1.82) is 5.53 Å². The molecule has 0 aliphatic rings. The first-order valence-electron chi connectivity index (χ1n) is 7.04. The second-order valence-corrected chi connectivity index (χ2v) is 4.93. The van der Waals surface area contributed by atoms with Crippen molar-refractivity contribution in [2.45, 2.75) is 25.1 Å². The van der Waals surface area contributed by atoms with Gasteiger partial charge in [-0.05, 0) is 34.5 Å². The number of carbonyl (C=O) groups is 1. The average molecular weight is 343 g/mol. The second kappa shape index (κ2) is 8.80. The number of benzene rings is 1. The van der Waals surface area contributed by atoms with Gasteiger partial charge in [0.2, 0.25) is 0 Å². The molecule has 0 heterocycles. The molecule has 9 heteroatoms. The standard InChI is InChI=1S/C15H17F3N4O2/c16-15(17,18)12-7-2-1-5-11(12)6-3-9-21-13(14(23)24)8-4-10-22(19)20/h1-3,5-7,9,13H,4,8,10H2,(H3-,19,20,23,24)/p+1/b6-3+,21-9?/t13-/m0/s1. The van der Waals surface area contributed by atoms with Gasteiger partial charge >= 0.3 is 12.1 Å². The molecule has 0 bridgehead atoms. The van der Waals surface area contributed by atoms with Gasteiger partial charge in [-0.25, -0.2) is 4.79 Å². The molecule has 1 aromatic carbocycles. The average Bonchev–Trinajstić information content (AvgIpc) is 2.48. The molecule has 0 fully saturated rings. The Morgan fingerprint density at radius 3 is 2.67 bits per heavy atom. The normalized spacial score (nSPS) is 13.5. The number of aliphatic imine (C=N–C) groups is 1. The lowest BCUT2D eigenvalue weighted by Gasteiger charge is -2.09. The van der Waals surface area contributed by atoms with Crippen LogP contribution in [0.1, 0.15) is 24.0 Å². The predicted octanol–water partition coefficient (Wildman–Crippen LogP) is 2.94. The molecular weight excluding hydrogens is 325 g/mol. The fourth-order valence-electron chi connectivity index (χ4n) is 1.92. The van der Waals surface area contributed by atoms with E-state index in [9.17, 15) is 18.0 Å². The number of hydrogen-bond donors (Lipinski definition) is 3. The lowest BCUT2D eigenvalue weighted by molar-refractivity contribution is -0.626. The molecule has 24 heavy (non-hydrogen) atoms. The van der Waals surface area contributed by atoms with Crippen molar-refractivity contribution >= 4 is 18.3 Å². The molecule has 0 saturated heterocycles. The van der Waals surface area contributed by atoms with Gasteiger partial charge in [0.05, 0.1) is 5.56 Å². The fourth-order valence-corrected chi connectivity index (χ4v) is 1.92. The molecule has 0 aliphatic heterocycles. The predicted molar refractivity (Wildman–Crippen MR) is 81.7 cm³/mol. The lowest BCUT2D eigenvalue weighted by atomic mass is 10.1. The van der Waals surface area contributed by atoms with E-state index in [0.717, 1.165) is 12.3 Å². The largest absolute Gasteiger partial charge is 0.480 e. The Balaban J connectivity index is 2.75. The van der Waals surface area contributed by atoms with Crippen LogP contribution in [-0.2, 0) is 11.0 Å². The quantitative estimate of drug-likeness (QED) is 0.222. The van der Waals surface area contributed by atoms with Crippen LogP contribution in [0.25, 0.3) is 6.08 Å². The van der Waals surface area contributed by atoms with Crippen molar-refractivity contribution in [3.8, 4) is 0 Å². The molecule has 0 unspecified atom stereocenters. The molecule has 1 rings (SSSR count). The van der Waals surface area contributed by atoms with Crippen LogP contribution in [0.2, 0.25) is 0 Å². The maximum absolute atomic E-state index is 12.8. The van der Waals surface area contributed by atoms with E-state index in [2.05, 4.69) is 4.99 Å². The number of nitrogens with two attached hydrogens (primary N) is 1. The van der Waals surface area contributed by atoms with Crippen molar-refractivity contribution in [3.05, 3.63) is 41.5 Å². The molecule has 0 spiro atoms. The van der Waals surface area contributed by atoms with Crippen LogP contribution in [0.3, 0.4) is 0 Å². The number of nitrogens with one attached hydrogen (secondary N) is 1. The number of halogens is 3. The first-order valence-corrected chi connectivity index (χ1v) is 7.04. The minimum absolute atomic E-state index is 0.0312. The van der Waals surface area contributed by atoms with Gasteiger partial charge in [-0.15, -0.1) is 0 Å². The summed E-state index contributed by atoms with van der Waals surface area (Å²) in [5.74, 6) is 3.95. The van der Waals surface area contributed by atoms with E-state index in [1.165, 1.54) is 30.4 Å². The summed E-state index contributed by atoms with van der Waals surface area (Å²) in [7, 11) is 0. The van der Waals surface area contributed by atoms with E-state index in [4.69, 9.17) is 16.5 Å². The molecule has 0 saturated carbocycles. The monoisotopic (exact) mass is 343 g/mol. The highest BCUT2D eigenvalue weighted by atomic mass is 19.4. The number of rotatable bonds is 8. The number of carboxylic acid groups (broad SMARTS) is 1. The first-order chi connectivity index (χ1) is 11.2. The number of alkyl halides is 3. The van der Waals surface area contributed by atoms with Crippen LogP contribution in [0, 0.1) is 5.53 Å². The molecule has 0 amide bonds. The molecule has 1 aromatic rings. The zero-order chi connectivity index (χ0) is 18.2. The highest BCUT2D eigenvalue weighted by molar-refractivity contribution is 5.82. The number of hydrazine groups is 1. The highest BCUT2D eigenvalue weighted by Gasteiger charge is 2.32. The van der Waals surface area contributed by atoms with Crippen molar-refractivity contribution in [2.75, 3.05) is 6.54 Å². The Morgan fingerprint density at radius 1 is 1.42 bits per heavy atom. The van der Waals surface area contributed by atoms with Gasteiger partial charge in [-0.1, -0.05) is 24.3 Å². The summed E-state index contributed by atoms with van der Waals surface area (Å²) in [5, 5.41) is 9.03. The molecule has 0 aliphatic carbocycles. The summed E-state index contributed by atoms with van der Waals surface area (Å²) in [6, 6.07) is 4.02. The Hall–Kier alpha value is -2.71. The fraction of sp³-hybridized carbons (Fsp3) is 0.333. The topological polar surface area (TPSA) is 103 Å². The van der Waals surface area contributed by atoms with Crippen LogP contribution in [0.15, 0.2) is 35.3 Å². The smallest absolute Gasteiger partial charge is 0.416 e. The number of allylic oxidation sites excluding steroid dienone is 1. The highest BCUT2D eigenvalue weighted by Crippen LogP contribution is 2.32. The van der Waals surface area contributed by atoms with E-state index >= 15 is 0 Å². The van der Waals surface area contributed by atoms with E-state index in [1.807, 2.05) is 0 Å². The minimum Gasteiger partial charge on any atom is -0.480 e. The Labute approximate surface area is 136 Å². The molecule has 4 N–H and O–H groups in total. The van der Waals surface area contributed by atoms with E-state index in [1.54, 1.807) is 0 Å². The zero-order valence-corrected chi connectivity index (χ0v) is 12.7. The van der Waals surface area contributed by atoms with Gasteiger partial charge in [-0.2, -0.15) is 19.0 Å². The summed E-state index contributed by atoms with van der Waals surface area (Å²) in [4.78, 5) is 15.6. The molecule has 6 nitrogen and oxygen atoms in total. The van der Waals surface area contributed by atoms with E-state index < -0.39 is 23.8 Å². The van der Waals surface area contributed by atoms with Crippen molar-refractivity contribution in [2.24, 2.45) is 10.8 Å². The minimum atomic E-state index is -4.47. The molecular formula is C15H18F3N4O2+. The number of hydrogen-bond acceptors (Lipinski definition) is 3. The van der Waals surface area contributed by atoms with E-state index in [-0.39, 0.29) is 18.5 Å². The molecule has 1 atom stereocenters. The summed E-state index contributed by atoms with van der Waals surface area (Å²) in [6.07, 6.45) is -0.296. The molecule has 130 valence electrons. The first kappa shape index (κ1) is 19.3. The Bertz CT molecular complexity index is 642. The van der Waals surface area contributed by atoms with E-state index in [0.29, 0.717) is 11.2 Å². The lowest BCUT2D eigenvalue weighted by Crippen LogP contribution is -2.22. The van der Waals surface area contributed by atoms with Gasteiger partial charge in [-0.3, -0.25) is 4.99 Å². The second-order valence-electron chi connectivity index (χ2n) is 4.93. The van der Waals surface area contributed by atoms with Crippen LogP contribution >= 0.6 is 0 Å². The molecule has 0 radical (unpaired) electrons. The summed E-state index contributed by atoms with van der Waals surface area (Å²) >= 11 is 0. The summed E-state index contributed by atoms with van der Waals surface area (Å²) in [6.45, 7) is 0.189. The van der Waals surface area contributed by atoms with Gasteiger partial charge in [0.25, 0.3) is 0 Å². The Morgan fingerprint density at radius 2 is 2.08 bits per heavy atom. The van der Waals surface area contributed by atoms with Gasteiger partial charge in [0.1, 0.15) is 6.04 Å². The third kappa shape index (κ3) is 6.59. The third-order valence-corrected chi connectivity index (χ3v) is 3.06. The number of nitrogens with zero attached hydrogens (tertiary/aromatic N) is 2. The maximum atomic E-state index is 12.8. The zero-order valence-electron chi connectivity index (χ0n) is 12.7.